The molecule has 1 unspecified atom stereocenters. The number of nitrogens with zero attached hydrogens (tertiary/aromatic N) is 2. The molecular formula is C28H36N2O5. The molecule has 7 heteroatoms. The molecule has 1 aliphatic heterocycles. The number of hydrogen-bond donors (Lipinski definition) is 1. The van der Waals surface area contributed by atoms with Crippen molar-refractivity contribution in [2.45, 2.75) is 39.7 Å². The number of aliphatic hydroxyl groups is 1. The SMILES string of the molecule is CCCCOc1ccc(C2C(=C(O)c3cc(C)ccc3C)C(=O)C(=O)N2CCN(C)C)cc1OC. The van der Waals surface area contributed by atoms with Crippen molar-refractivity contribution in [2.24, 2.45) is 0 Å². The normalized spacial score (nSPS) is 17.3. The maximum absolute atomic E-state index is 13.3. The number of amides is 1. The van der Waals surface area contributed by atoms with Crippen molar-refractivity contribution < 1.29 is 24.2 Å². The number of aliphatic hydroxyl groups excluding tert-OH is 1. The molecule has 35 heavy (non-hydrogen) atoms. The molecule has 0 saturated carbocycles. The number of benzene rings is 2. The van der Waals surface area contributed by atoms with Crippen LogP contribution in [0.25, 0.3) is 5.76 Å². The number of carbonyl (C=O) groups is 2. The van der Waals surface area contributed by atoms with Crippen LogP contribution in [-0.2, 0) is 9.59 Å². The number of likely N-dealkylation sites (N-methyl/N-ethyl adjacent to an activating group) is 1. The van der Waals surface area contributed by atoms with Gasteiger partial charge in [0.15, 0.2) is 11.5 Å². The first-order valence-corrected chi connectivity index (χ1v) is 12.0. The van der Waals surface area contributed by atoms with Crippen LogP contribution in [0.15, 0.2) is 42.0 Å². The number of aryl methyl sites for hydroxylation is 2. The second-order valence-electron chi connectivity index (χ2n) is 9.23. The Bertz CT molecular complexity index is 1120. The van der Waals surface area contributed by atoms with Gasteiger partial charge in [-0.05, 0) is 63.7 Å². The summed E-state index contributed by atoms with van der Waals surface area (Å²) >= 11 is 0. The summed E-state index contributed by atoms with van der Waals surface area (Å²) in [6.07, 6.45) is 1.94. The van der Waals surface area contributed by atoms with Gasteiger partial charge in [-0.3, -0.25) is 9.59 Å². The van der Waals surface area contributed by atoms with Gasteiger partial charge in [-0.1, -0.05) is 37.1 Å². The average Bonchev–Trinajstić information content (AvgIpc) is 3.08. The lowest BCUT2D eigenvalue weighted by molar-refractivity contribution is -0.140. The second-order valence-corrected chi connectivity index (χ2v) is 9.23. The fourth-order valence-corrected chi connectivity index (χ4v) is 4.20. The number of rotatable bonds is 10. The lowest BCUT2D eigenvalue weighted by atomic mass is 9.93. The predicted molar refractivity (Wildman–Crippen MR) is 137 cm³/mol. The number of hydrogen-bond acceptors (Lipinski definition) is 6. The Morgan fingerprint density at radius 2 is 1.83 bits per heavy atom. The lowest BCUT2D eigenvalue weighted by Crippen LogP contribution is -2.35. The zero-order valence-electron chi connectivity index (χ0n) is 21.6. The van der Waals surface area contributed by atoms with Crippen LogP contribution in [0.5, 0.6) is 11.5 Å². The van der Waals surface area contributed by atoms with Crippen molar-refractivity contribution in [1.29, 1.82) is 0 Å². The van der Waals surface area contributed by atoms with Crippen LogP contribution in [0.2, 0.25) is 0 Å². The largest absolute Gasteiger partial charge is 0.507 e. The minimum atomic E-state index is -0.742. The zero-order valence-corrected chi connectivity index (χ0v) is 21.6. The lowest BCUT2D eigenvalue weighted by Gasteiger charge is -2.27. The molecule has 1 fully saturated rings. The molecule has 3 rings (SSSR count). The molecule has 0 bridgehead atoms. The third kappa shape index (κ3) is 5.68. The molecule has 0 radical (unpaired) electrons. The Hall–Kier alpha value is -3.32. The molecule has 2 aromatic rings. The van der Waals surface area contributed by atoms with Gasteiger partial charge in [-0.2, -0.15) is 0 Å². The first-order chi connectivity index (χ1) is 16.7. The van der Waals surface area contributed by atoms with E-state index in [1.807, 2.05) is 57.1 Å². The van der Waals surface area contributed by atoms with Crippen molar-refractivity contribution in [1.82, 2.24) is 9.80 Å². The molecule has 0 aliphatic carbocycles. The summed E-state index contributed by atoms with van der Waals surface area (Å²) in [5.74, 6) is -0.350. The number of ketones is 1. The number of unbranched alkanes of at least 4 members (excludes halogenated alkanes) is 1. The Kier molecular flexibility index (Phi) is 8.57. The number of carbonyl (C=O) groups excluding carboxylic acids is 2. The summed E-state index contributed by atoms with van der Waals surface area (Å²) in [5.41, 5.74) is 3.08. The third-order valence-electron chi connectivity index (χ3n) is 6.24. The van der Waals surface area contributed by atoms with Crippen LogP contribution in [0.4, 0.5) is 0 Å². The van der Waals surface area contributed by atoms with Crippen LogP contribution < -0.4 is 9.47 Å². The monoisotopic (exact) mass is 480 g/mol. The first kappa shape index (κ1) is 26.3. The van der Waals surface area contributed by atoms with Gasteiger partial charge in [0, 0.05) is 18.7 Å². The number of methoxy groups -OCH3 is 1. The van der Waals surface area contributed by atoms with Crippen molar-refractivity contribution in [3.05, 3.63) is 64.2 Å². The maximum atomic E-state index is 13.3. The highest BCUT2D eigenvalue weighted by atomic mass is 16.5. The van der Waals surface area contributed by atoms with Crippen LogP contribution in [-0.4, -0.2) is 67.5 Å². The first-order valence-electron chi connectivity index (χ1n) is 12.0. The number of Topliss-reactive ketones (excluding diaryl/α,β-unsaturated/α-hetero) is 1. The molecule has 1 aliphatic rings. The van der Waals surface area contributed by atoms with Gasteiger partial charge in [-0.25, -0.2) is 0 Å². The Labute approximate surface area is 207 Å². The van der Waals surface area contributed by atoms with Gasteiger partial charge in [0.1, 0.15) is 5.76 Å². The summed E-state index contributed by atoms with van der Waals surface area (Å²) in [6.45, 7) is 7.37. The van der Waals surface area contributed by atoms with Gasteiger partial charge in [0.25, 0.3) is 11.7 Å². The second kappa shape index (κ2) is 11.4. The van der Waals surface area contributed by atoms with Crippen molar-refractivity contribution in [2.75, 3.05) is 40.9 Å². The molecule has 2 aromatic carbocycles. The summed E-state index contributed by atoms with van der Waals surface area (Å²) in [6, 6.07) is 10.4. The van der Waals surface area contributed by atoms with Crippen LogP contribution in [0.3, 0.4) is 0 Å². The highest BCUT2D eigenvalue weighted by Gasteiger charge is 2.46. The van der Waals surface area contributed by atoms with Crippen LogP contribution >= 0.6 is 0 Å². The predicted octanol–water partition coefficient (Wildman–Crippen LogP) is 4.47. The molecule has 1 atom stereocenters. The average molecular weight is 481 g/mol. The van der Waals surface area contributed by atoms with E-state index < -0.39 is 17.7 Å². The third-order valence-corrected chi connectivity index (χ3v) is 6.24. The zero-order chi connectivity index (χ0) is 25.7. The standard InChI is InChI=1S/C28H36N2O5/c1-7-8-15-35-22-12-11-20(17-23(22)34-6)25-24(26(31)21-16-18(2)9-10-19(21)3)27(32)28(33)30(25)14-13-29(4)5/h9-12,16-17,25,31H,7-8,13-15H2,1-6H3. The summed E-state index contributed by atoms with van der Waals surface area (Å²) < 4.78 is 11.4. The van der Waals surface area contributed by atoms with Gasteiger partial charge < -0.3 is 24.4 Å². The van der Waals surface area contributed by atoms with Gasteiger partial charge >= 0.3 is 0 Å². The van der Waals surface area contributed by atoms with E-state index in [0.29, 0.717) is 42.3 Å². The number of ether oxygens (including phenoxy) is 2. The Balaban J connectivity index is 2.15. The Morgan fingerprint density at radius 3 is 2.49 bits per heavy atom. The maximum Gasteiger partial charge on any atom is 0.295 e. The molecule has 0 spiro atoms. The molecular weight excluding hydrogens is 444 g/mol. The number of likely N-dealkylation sites (tertiary alicyclic amines) is 1. The van der Waals surface area contributed by atoms with E-state index >= 15 is 0 Å². The molecule has 1 N–H and O–H groups in total. The fourth-order valence-electron chi connectivity index (χ4n) is 4.20. The highest BCUT2D eigenvalue weighted by Crippen LogP contribution is 2.42. The van der Waals surface area contributed by atoms with E-state index in [-0.39, 0.29) is 11.3 Å². The van der Waals surface area contributed by atoms with E-state index in [1.54, 1.807) is 19.2 Å². The van der Waals surface area contributed by atoms with E-state index in [2.05, 4.69) is 6.92 Å². The van der Waals surface area contributed by atoms with Crippen LogP contribution in [0.1, 0.15) is 48.1 Å². The summed E-state index contributed by atoms with van der Waals surface area (Å²) in [4.78, 5) is 29.9. The molecule has 1 saturated heterocycles. The molecule has 1 heterocycles. The molecule has 0 aromatic heterocycles. The Morgan fingerprint density at radius 1 is 1.09 bits per heavy atom. The minimum Gasteiger partial charge on any atom is -0.507 e. The van der Waals surface area contributed by atoms with Crippen LogP contribution in [0, 0.1) is 13.8 Å². The molecule has 188 valence electrons. The van der Waals surface area contributed by atoms with Gasteiger partial charge in [0.2, 0.25) is 0 Å². The van der Waals surface area contributed by atoms with E-state index in [0.717, 1.165) is 24.0 Å². The summed E-state index contributed by atoms with van der Waals surface area (Å²) in [5, 5.41) is 11.4. The van der Waals surface area contributed by atoms with Crippen molar-refractivity contribution in [3.8, 4) is 11.5 Å². The quantitative estimate of drug-likeness (QED) is 0.234. The van der Waals surface area contributed by atoms with E-state index in [1.165, 1.54) is 4.90 Å². The van der Waals surface area contributed by atoms with Crippen molar-refractivity contribution >= 4 is 17.4 Å². The van der Waals surface area contributed by atoms with Gasteiger partial charge in [-0.15, -0.1) is 0 Å². The molecule has 1 amide bonds. The van der Waals surface area contributed by atoms with E-state index in [9.17, 15) is 14.7 Å². The smallest absolute Gasteiger partial charge is 0.295 e. The summed E-state index contributed by atoms with van der Waals surface area (Å²) in [7, 11) is 5.38. The fraction of sp³-hybridized carbons (Fsp3) is 0.429. The topological polar surface area (TPSA) is 79.3 Å². The van der Waals surface area contributed by atoms with E-state index in [4.69, 9.17) is 9.47 Å². The van der Waals surface area contributed by atoms with Gasteiger partial charge in [0.05, 0.1) is 25.3 Å². The minimum absolute atomic E-state index is 0.0872. The molecule has 7 nitrogen and oxygen atoms in total. The van der Waals surface area contributed by atoms with Crippen molar-refractivity contribution in [3.63, 3.8) is 0 Å². The highest BCUT2D eigenvalue weighted by molar-refractivity contribution is 6.46.